The second kappa shape index (κ2) is 8.55. The monoisotopic (exact) mass is 471 g/mol. The molecule has 1 unspecified atom stereocenters. The van der Waals surface area contributed by atoms with E-state index in [1.807, 2.05) is 34.2 Å². The maximum absolute atomic E-state index is 12.8. The molecule has 4 aromatic rings. The number of hydrogen-bond donors (Lipinski definition) is 1. The molecule has 168 valence electrons. The smallest absolute Gasteiger partial charge is 0.406 e. The van der Waals surface area contributed by atoms with Crippen molar-refractivity contribution < 1.29 is 22.7 Å². The Morgan fingerprint density at radius 2 is 1.94 bits per heavy atom. The molecule has 1 N–H and O–H groups in total. The number of fused-ring (bicyclic) bond motifs is 1. The molecule has 2 aromatic carbocycles. The number of rotatable bonds is 6. The second-order valence-corrected chi connectivity index (χ2v) is 8.07. The fourth-order valence-corrected chi connectivity index (χ4v) is 3.83. The maximum Gasteiger partial charge on any atom is 0.573 e. The predicted molar refractivity (Wildman–Crippen MR) is 115 cm³/mol. The lowest BCUT2D eigenvalue weighted by molar-refractivity contribution is -0.274. The molecule has 0 aliphatic rings. The Hall–Kier alpha value is -3.91. The minimum atomic E-state index is -4.83. The first-order valence-corrected chi connectivity index (χ1v) is 10.6. The van der Waals surface area contributed by atoms with E-state index in [-0.39, 0.29) is 12.1 Å². The molecule has 11 heteroatoms. The van der Waals surface area contributed by atoms with Crippen LogP contribution in [0.4, 0.5) is 13.2 Å². The van der Waals surface area contributed by atoms with Crippen molar-refractivity contribution in [3.8, 4) is 23.3 Å². The number of halogens is 3. The van der Waals surface area contributed by atoms with Gasteiger partial charge in [-0.25, -0.2) is 9.97 Å². The summed E-state index contributed by atoms with van der Waals surface area (Å²) in [4.78, 5) is 21.7. The number of carbonyl (C=O) groups excluding carboxylic acids is 1. The van der Waals surface area contributed by atoms with E-state index in [0.717, 1.165) is 17.6 Å². The Morgan fingerprint density at radius 3 is 2.58 bits per heavy atom. The average molecular weight is 471 g/mol. The van der Waals surface area contributed by atoms with E-state index in [2.05, 4.69) is 26.1 Å². The Bertz CT molecular complexity index is 1330. The molecule has 0 aliphatic heterocycles. The Balaban J connectivity index is 1.60. The number of carbonyl (C=O) groups is 1. The molecule has 2 aromatic heterocycles. The van der Waals surface area contributed by atoms with Crippen molar-refractivity contribution in [1.82, 2.24) is 19.9 Å². The third-order valence-corrected chi connectivity index (χ3v) is 5.36. The summed E-state index contributed by atoms with van der Waals surface area (Å²) in [7, 11) is 0. The standard InChI is InChI=1S/C22H16F3N5O2S/c1-21(11-26,29-20(31)14-6-8-15(9-7-14)32-22(23,24)25)12-30-18-5-3-2-4-16(18)28-19(30)17-10-33-13-27-17/h2-10,13H,12H2,1H3,(H,29,31). The van der Waals surface area contributed by atoms with Gasteiger partial charge in [0.15, 0.2) is 5.82 Å². The van der Waals surface area contributed by atoms with Gasteiger partial charge in [-0.1, -0.05) is 12.1 Å². The van der Waals surface area contributed by atoms with Crippen molar-refractivity contribution in [3.63, 3.8) is 0 Å². The molecule has 0 radical (unpaired) electrons. The van der Waals surface area contributed by atoms with Crippen molar-refractivity contribution in [2.45, 2.75) is 25.4 Å². The first kappa shape index (κ1) is 22.3. The SMILES string of the molecule is CC(C#N)(Cn1c(-c2cscn2)nc2ccccc21)NC(=O)c1ccc(OC(F)(F)F)cc1. The highest BCUT2D eigenvalue weighted by molar-refractivity contribution is 7.07. The Kier molecular flexibility index (Phi) is 5.78. The average Bonchev–Trinajstić information content (AvgIpc) is 3.41. The number of para-hydroxylation sites is 2. The van der Waals surface area contributed by atoms with E-state index in [9.17, 15) is 23.2 Å². The van der Waals surface area contributed by atoms with Crippen LogP contribution in [0.5, 0.6) is 5.75 Å². The predicted octanol–water partition coefficient (Wildman–Crippen LogP) is 4.77. The molecule has 7 nitrogen and oxygen atoms in total. The van der Waals surface area contributed by atoms with E-state index in [4.69, 9.17) is 0 Å². The molecule has 0 bridgehead atoms. The van der Waals surface area contributed by atoms with E-state index in [1.165, 1.54) is 23.5 Å². The first-order chi connectivity index (χ1) is 15.7. The lowest BCUT2D eigenvalue weighted by atomic mass is 10.0. The number of ether oxygens (including phenoxy) is 1. The zero-order chi connectivity index (χ0) is 23.6. The highest BCUT2D eigenvalue weighted by atomic mass is 32.1. The Labute approximate surface area is 190 Å². The number of alkyl halides is 3. The summed E-state index contributed by atoms with van der Waals surface area (Å²) < 4.78 is 42.7. The molecule has 0 aliphatic carbocycles. The normalized spacial score (nSPS) is 13.3. The van der Waals surface area contributed by atoms with Crippen molar-refractivity contribution >= 4 is 28.3 Å². The minimum absolute atomic E-state index is 0.0673. The van der Waals surface area contributed by atoms with Crippen LogP contribution in [0.1, 0.15) is 17.3 Å². The number of nitrogens with zero attached hydrogens (tertiary/aromatic N) is 4. The van der Waals surface area contributed by atoms with Gasteiger partial charge in [-0.15, -0.1) is 24.5 Å². The summed E-state index contributed by atoms with van der Waals surface area (Å²) in [5.41, 5.74) is 2.53. The fourth-order valence-electron chi connectivity index (χ4n) is 3.30. The largest absolute Gasteiger partial charge is 0.573 e. The van der Waals surface area contributed by atoms with Crippen LogP contribution >= 0.6 is 11.3 Å². The van der Waals surface area contributed by atoms with Crippen LogP contribution < -0.4 is 10.1 Å². The first-order valence-electron chi connectivity index (χ1n) is 9.61. The van der Waals surface area contributed by atoms with Crippen LogP contribution in [0.3, 0.4) is 0 Å². The zero-order valence-corrected chi connectivity index (χ0v) is 17.9. The summed E-state index contributed by atoms with van der Waals surface area (Å²) in [6.07, 6.45) is -4.83. The topological polar surface area (TPSA) is 92.8 Å². The van der Waals surface area contributed by atoms with Gasteiger partial charge in [-0.2, -0.15) is 5.26 Å². The van der Waals surface area contributed by atoms with E-state index in [1.54, 1.807) is 12.4 Å². The number of nitrogens with one attached hydrogen (secondary N) is 1. The molecule has 4 rings (SSSR count). The molecule has 2 heterocycles. The number of nitriles is 1. The van der Waals surface area contributed by atoms with E-state index < -0.39 is 23.6 Å². The van der Waals surface area contributed by atoms with Gasteiger partial charge in [-0.3, -0.25) is 4.79 Å². The molecular formula is C22H16F3N5O2S. The summed E-state index contributed by atoms with van der Waals surface area (Å²) in [5.74, 6) is -0.501. The Morgan fingerprint density at radius 1 is 1.21 bits per heavy atom. The van der Waals surface area contributed by atoms with Crippen LogP contribution in [0.2, 0.25) is 0 Å². The van der Waals surface area contributed by atoms with Crippen LogP contribution in [-0.2, 0) is 6.54 Å². The van der Waals surface area contributed by atoms with Crippen molar-refractivity contribution in [2.75, 3.05) is 0 Å². The van der Waals surface area contributed by atoms with Crippen LogP contribution in [0.25, 0.3) is 22.6 Å². The van der Waals surface area contributed by atoms with Gasteiger partial charge in [0, 0.05) is 10.9 Å². The summed E-state index contributed by atoms with van der Waals surface area (Å²) in [5, 5.41) is 14.4. The van der Waals surface area contributed by atoms with Gasteiger partial charge in [0.2, 0.25) is 0 Å². The van der Waals surface area contributed by atoms with Gasteiger partial charge in [0.25, 0.3) is 5.91 Å². The van der Waals surface area contributed by atoms with Crippen molar-refractivity contribution in [3.05, 3.63) is 65.0 Å². The van der Waals surface area contributed by atoms with Gasteiger partial charge in [0.1, 0.15) is 17.0 Å². The molecule has 1 amide bonds. The summed E-state index contributed by atoms with van der Waals surface area (Å²) in [6, 6.07) is 14.0. The molecule has 0 spiro atoms. The van der Waals surface area contributed by atoms with Gasteiger partial charge < -0.3 is 14.6 Å². The molecule has 0 saturated heterocycles. The molecule has 0 fully saturated rings. The second-order valence-electron chi connectivity index (χ2n) is 7.35. The molecular weight excluding hydrogens is 455 g/mol. The maximum atomic E-state index is 12.8. The highest BCUT2D eigenvalue weighted by Crippen LogP contribution is 2.27. The third-order valence-electron chi connectivity index (χ3n) is 4.78. The number of imidazole rings is 1. The van der Waals surface area contributed by atoms with E-state index >= 15 is 0 Å². The van der Waals surface area contributed by atoms with Gasteiger partial charge in [-0.05, 0) is 43.3 Å². The number of thiazole rings is 1. The van der Waals surface area contributed by atoms with Crippen molar-refractivity contribution in [2.24, 2.45) is 0 Å². The number of hydrogen-bond acceptors (Lipinski definition) is 6. The lowest BCUT2D eigenvalue weighted by Crippen LogP contribution is -2.48. The molecule has 0 saturated carbocycles. The summed E-state index contributed by atoms with van der Waals surface area (Å²) in [6.45, 7) is 1.63. The minimum Gasteiger partial charge on any atom is -0.406 e. The van der Waals surface area contributed by atoms with Gasteiger partial charge >= 0.3 is 6.36 Å². The van der Waals surface area contributed by atoms with Crippen LogP contribution in [0.15, 0.2) is 59.4 Å². The van der Waals surface area contributed by atoms with E-state index in [0.29, 0.717) is 17.0 Å². The third kappa shape index (κ3) is 4.96. The highest BCUT2D eigenvalue weighted by Gasteiger charge is 2.32. The quantitative estimate of drug-likeness (QED) is 0.437. The van der Waals surface area contributed by atoms with Crippen LogP contribution in [-0.4, -0.2) is 32.3 Å². The van der Waals surface area contributed by atoms with Gasteiger partial charge in [0.05, 0.1) is 29.2 Å². The van der Waals surface area contributed by atoms with Crippen molar-refractivity contribution in [1.29, 1.82) is 5.26 Å². The zero-order valence-electron chi connectivity index (χ0n) is 17.1. The van der Waals surface area contributed by atoms with Crippen LogP contribution in [0, 0.1) is 11.3 Å². The fraction of sp³-hybridized carbons (Fsp3) is 0.182. The number of benzene rings is 2. The number of aromatic nitrogens is 3. The molecule has 1 atom stereocenters. The molecule has 33 heavy (non-hydrogen) atoms. The summed E-state index contributed by atoms with van der Waals surface area (Å²) >= 11 is 1.41. The lowest BCUT2D eigenvalue weighted by Gasteiger charge is -2.25. The number of amides is 1.